The van der Waals surface area contributed by atoms with Gasteiger partial charge in [-0.05, 0) is 29.8 Å². The van der Waals surface area contributed by atoms with Crippen LogP contribution in [-0.2, 0) is 12.4 Å². The van der Waals surface area contributed by atoms with Crippen LogP contribution in [0.15, 0.2) is 97.1 Å². The van der Waals surface area contributed by atoms with Crippen molar-refractivity contribution in [2.45, 2.75) is 167 Å². The lowest BCUT2D eigenvalue weighted by molar-refractivity contribution is -0.137. The van der Waals surface area contributed by atoms with E-state index in [4.69, 9.17) is 0 Å². The minimum Gasteiger partial charge on any atom is -0.248 e. The molecule has 4 aromatic rings. The Morgan fingerprint density at radius 3 is 1.02 bits per heavy atom. The lowest BCUT2D eigenvalue weighted by atomic mass is 10.2. The summed E-state index contributed by atoms with van der Waals surface area (Å²) in [6, 6.07) is 35.6. The first-order valence-electron chi connectivity index (χ1n) is 23.5. The normalized spacial score (nSPS) is 12.9. The number of hydrogen-bond donors (Lipinski definition) is 0. The molecule has 0 saturated carbocycles. The molecule has 0 aliphatic carbocycles. The van der Waals surface area contributed by atoms with Crippen molar-refractivity contribution in [3.63, 3.8) is 0 Å². The molecule has 0 aliphatic rings. The lowest BCUT2D eigenvalue weighted by Gasteiger charge is -2.39. The molecule has 0 aromatic heterocycles. The van der Waals surface area contributed by atoms with Crippen molar-refractivity contribution < 1.29 is 26.3 Å². The van der Waals surface area contributed by atoms with E-state index in [-0.39, 0.29) is 10.6 Å². The maximum Gasteiger partial charge on any atom is 0.417 e. The fourth-order valence-electron chi connectivity index (χ4n) is 9.45. The molecule has 62 heavy (non-hydrogen) atoms. The van der Waals surface area contributed by atoms with Gasteiger partial charge in [0.2, 0.25) is 0 Å². The molecule has 0 atom stereocenters. The van der Waals surface area contributed by atoms with Gasteiger partial charge in [0.15, 0.2) is 0 Å². The maximum absolute atomic E-state index is 15.1. The van der Waals surface area contributed by atoms with Gasteiger partial charge < -0.3 is 0 Å². The Labute approximate surface area is 375 Å². The molecule has 11 heteroatoms. The summed E-state index contributed by atoms with van der Waals surface area (Å²) in [6.07, 6.45) is 4.00. The second kappa shape index (κ2) is 24.8. The van der Waals surface area contributed by atoms with Gasteiger partial charge in [0, 0.05) is 26.8 Å². The summed E-state index contributed by atoms with van der Waals surface area (Å²) >= 11 is 0. The van der Waals surface area contributed by atoms with E-state index in [1.807, 2.05) is 11.5 Å². The highest BCUT2D eigenvalue weighted by Gasteiger charge is 2.43. The summed E-state index contributed by atoms with van der Waals surface area (Å²) in [5, 5.41) is 4.56. The van der Waals surface area contributed by atoms with Crippen LogP contribution >= 0.6 is 16.1 Å². The van der Waals surface area contributed by atoms with Crippen LogP contribution in [0.5, 0.6) is 0 Å². The lowest BCUT2D eigenvalue weighted by Crippen LogP contribution is -2.49. The molecule has 0 heterocycles. The first-order valence-corrected chi connectivity index (χ1v) is 31.4. The van der Waals surface area contributed by atoms with Crippen molar-refractivity contribution >= 4 is 63.9 Å². The zero-order valence-corrected chi connectivity index (χ0v) is 42.4. The molecule has 0 bridgehead atoms. The van der Waals surface area contributed by atoms with Crippen LogP contribution in [0.3, 0.4) is 0 Å². The third-order valence-electron chi connectivity index (χ3n) is 12.9. The van der Waals surface area contributed by atoms with Crippen molar-refractivity contribution in [1.82, 2.24) is 4.44 Å². The summed E-state index contributed by atoms with van der Waals surface area (Å²) in [5.74, 6) is 0. The molecule has 0 unspecified atom stereocenters. The first kappa shape index (κ1) is 52.3. The van der Waals surface area contributed by atoms with E-state index < -0.39 is 55.8 Å². The highest BCUT2D eigenvalue weighted by Crippen LogP contribution is 2.55. The minimum atomic E-state index is -4.76. The standard InChI is InChI=1S/C51H73F6NP2Si2/c1-8-14-34-61(35-15-9-2,36-16-10-3)44-28-24-26-42(40-44)59(43-27-25-29-45(41-43)62(37-17-11-4,38-18-12-5)39-19-13-6)58(7)60(48-32-22-20-30-46(48)50(52,53)54)49-33-23-21-31-47(49)51(55,56)57/h20-33,40-41H,8-19,34-39H2,1-7H3. The Morgan fingerprint density at radius 1 is 0.419 bits per heavy atom. The smallest absolute Gasteiger partial charge is 0.248 e. The Kier molecular flexibility index (Phi) is 21.0. The zero-order valence-electron chi connectivity index (χ0n) is 38.6. The summed E-state index contributed by atoms with van der Waals surface area (Å²) in [4.78, 5) is 0. The fraction of sp³-hybridized carbons (Fsp3) is 0.529. The maximum atomic E-state index is 15.1. The highest BCUT2D eigenvalue weighted by atomic mass is 31.2. The van der Waals surface area contributed by atoms with Gasteiger partial charge in [-0.2, -0.15) is 26.3 Å². The van der Waals surface area contributed by atoms with Crippen molar-refractivity contribution in [3.8, 4) is 0 Å². The van der Waals surface area contributed by atoms with Crippen LogP contribution in [0.25, 0.3) is 0 Å². The number of alkyl halides is 6. The van der Waals surface area contributed by atoms with Gasteiger partial charge >= 0.3 is 12.4 Å². The molecule has 0 aliphatic heterocycles. The van der Waals surface area contributed by atoms with E-state index in [0.29, 0.717) is 0 Å². The third kappa shape index (κ3) is 13.4. The summed E-state index contributed by atoms with van der Waals surface area (Å²) in [6.45, 7) is 13.5. The van der Waals surface area contributed by atoms with E-state index in [0.717, 1.165) is 99.8 Å². The van der Waals surface area contributed by atoms with E-state index in [1.165, 1.54) is 83.0 Å². The molecule has 0 fully saturated rings. The molecule has 342 valence electrons. The van der Waals surface area contributed by atoms with Gasteiger partial charge in [-0.15, -0.1) is 0 Å². The van der Waals surface area contributed by atoms with Crippen LogP contribution in [-0.4, -0.2) is 27.6 Å². The van der Waals surface area contributed by atoms with Crippen molar-refractivity contribution in [2.75, 3.05) is 7.05 Å². The minimum absolute atomic E-state index is 0.107. The Hall–Kier alpha value is -2.29. The third-order valence-corrected chi connectivity index (χ3v) is 29.3. The fourth-order valence-corrected chi connectivity index (χ4v) is 27.0. The van der Waals surface area contributed by atoms with Crippen molar-refractivity contribution in [2.24, 2.45) is 0 Å². The molecule has 0 saturated heterocycles. The molecule has 1 nitrogen and oxygen atoms in total. The average Bonchev–Trinajstić information content (AvgIpc) is 3.26. The SMILES string of the molecule is CCCC[Si](CCCC)(CCCC)c1cccc(P(c2cccc([Si](CCCC)(CCCC)CCCC)c2)N(C)P(c2ccccc2C(F)(F)F)c2ccccc2C(F)(F)F)c1. The van der Waals surface area contributed by atoms with Crippen LogP contribution in [0, 0.1) is 0 Å². The second-order valence-corrected chi connectivity index (χ2v) is 31.5. The van der Waals surface area contributed by atoms with Gasteiger partial charge in [-0.3, -0.25) is 0 Å². The predicted octanol–water partition coefficient (Wildman–Crippen LogP) is 15.2. The average molecular weight is 932 g/mol. The molecule has 0 spiro atoms. The molecule has 0 N–H and O–H groups in total. The second-order valence-electron chi connectivity index (χ2n) is 17.4. The Morgan fingerprint density at radius 2 is 0.726 bits per heavy atom. The summed E-state index contributed by atoms with van der Waals surface area (Å²) in [7, 11) is -6.27. The number of nitrogens with zero attached hydrogens (tertiary/aromatic N) is 1. The predicted molar refractivity (Wildman–Crippen MR) is 265 cm³/mol. The van der Waals surface area contributed by atoms with Crippen LogP contribution in [0.4, 0.5) is 26.3 Å². The summed E-state index contributed by atoms with van der Waals surface area (Å²) in [5.41, 5.74) is -1.77. The Bertz CT molecular complexity index is 1760. The van der Waals surface area contributed by atoms with Gasteiger partial charge in [0.05, 0.1) is 27.3 Å². The van der Waals surface area contributed by atoms with E-state index in [9.17, 15) is 0 Å². The molecular formula is C51H73F6NP2Si2. The van der Waals surface area contributed by atoms with Gasteiger partial charge in [-0.1, -0.05) is 250 Å². The van der Waals surface area contributed by atoms with E-state index in [1.54, 1.807) is 0 Å². The number of hydrogen-bond acceptors (Lipinski definition) is 1. The van der Waals surface area contributed by atoms with E-state index >= 15 is 26.3 Å². The first-order chi connectivity index (χ1) is 29.7. The van der Waals surface area contributed by atoms with Gasteiger partial charge in [-0.25, -0.2) is 4.44 Å². The van der Waals surface area contributed by atoms with Crippen molar-refractivity contribution in [3.05, 3.63) is 108 Å². The molecule has 0 amide bonds. The topological polar surface area (TPSA) is 3.24 Å². The number of halogens is 6. The summed E-state index contributed by atoms with van der Waals surface area (Å²) < 4.78 is 92.8. The molecule has 4 rings (SSSR count). The number of benzene rings is 4. The number of rotatable bonds is 26. The molecular weight excluding hydrogens is 859 g/mol. The van der Waals surface area contributed by atoms with Crippen LogP contribution in [0.1, 0.15) is 130 Å². The van der Waals surface area contributed by atoms with E-state index in [2.05, 4.69) is 90.1 Å². The zero-order chi connectivity index (χ0) is 45.4. The van der Waals surface area contributed by atoms with Crippen molar-refractivity contribution in [1.29, 1.82) is 0 Å². The van der Waals surface area contributed by atoms with Gasteiger partial charge in [0.25, 0.3) is 0 Å². The molecule has 0 radical (unpaired) electrons. The Balaban J connectivity index is 2.15. The number of unbranched alkanes of at least 4 members (excludes halogenated alkanes) is 6. The highest BCUT2D eigenvalue weighted by molar-refractivity contribution is 7.84. The quantitative estimate of drug-likeness (QED) is 0.0345. The van der Waals surface area contributed by atoms with Crippen LogP contribution in [0.2, 0.25) is 36.3 Å². The largest absolute Gasteiger partial charge is 0.417 e. The monoisotopic (exact) mass is 931 g/mol. The van der Waals surface area contributed by atoms with Gasteiger partial charge in [0.1, 0.15) is 0 Å². The molecule has 4 aromatic carbocycles. The van der Waals surface area contributed by atoms with Crippen LogP contribution < -0.4 is 31.6 Å².